The molecule has 154 valence electrons. The molecule has 28 heavy (non-hydrogen) atoms. The van der Waals surface area contributed by atoms with Gasteiger partial charge in [-0.15, -0.1) is 0 Å². The Bertz CT molecular complexity index is 1030. The largest absolute Gasteiger partial charge is 0.388 e. The van der Waals surface area contributed by atoms with E-state index in [0.717, 1.165) is 12.1 Å². The van der Waals surface area contributed by atoms with Crippen LogP contribution in [0.15, 0.2) is 41.6 Å². The molecule has 0 spiro atoms. The maximum absolute atomic E-state index is 13.0. The van der Waals surface area contributed by atoms with E-state index in [-0.39, 0.29) is 11.3 Å². The summed E-state index contributed by atoms with van der Waals surface area (Å²) in [5, 5.41) is 17.5. The normalized spacial score (nSPS) is 16.5. The van der Waals surface area contributed by atoms with Crippen molar-refractivity contribution in [2.45, 2.75) is 37.3 Å². The Morgan fingerprint density at radius 3 is 2.25 bits per heavy atom. The van der Waals surface area contributed by atoms with Crippen LogP contribution in [0, 0.1) is 6.92 Å². The number of hydrogen-bond acceptors (Lipinski definition) is 5. The minimum atomic E-state index is -9.77. The first-order valence-electron chi connectivity index (χ1n) is 8.05. The lowest BCUT2D eigenvalue weighted by molar-refractivity contribution is 0.0587. The molecule has 2 aromatic heterocycles. The Labute approximate surface area is 157 Å². The molecular weight excluding hydrogens is 405 g/mol. The third kappa shape index (κ3) is 4.17. The number of hydrogen-bond donors (Lipinski definition) is 2. The van der Waals surface area contributed by atoms with Crippen molar-refractivity contribution in [1.82, 2.24) is 19.6 Å². The quantitative estimate of drug-likeness (QED) is 0.564. The van der Waals surface area contributed by atoms with Crippen LogP contribution in [0.3, 0.4) is 0 Å². The molecule has 6 nitrogen and oxygen atoms in total. The zero-order valence-corrected chi connectivity index (χ0v) is 15.9. The first kappa shape index (κ1) is 20.3. The lowest BCUT2D eigenvalue weighted by atomic mass is 9.92. The van der Waals surface area contributed by atoms with Gasteiger partial charge in [-0.1, -0.05) is 31.6 Å². The van der Waals surface area contributed by atoms with Crippen molar-refractivity contribution in [2.75, 3.05) is 5.32 Å². The van der Waals surface area contributed by atoms with Gasteiger partial charge in [0.15, 0.2) is 0 Å². The monoisotopic (exact) mass is 423 g/mol. The summed E-state index contributed by atoms with van der Waals surface area (Å²) < 4.78 is 66.1. The smallest absolute Gasteiger partial charge is 0.310 e. The number of nitrogens with one attached hydrogen (secondary N) is 1. The van der Waals surface area contributed by atoms with Crippen LogP contribution in [0.2, 0.25) is 0 Å². The van der Waals surface area contributed by atoms with E-state index in [4.69, 9.17) is 0 Å². The van der Waals surface area contributed by atoms with Crippen LogP contribution in [0.5, 0.6) is 0 Å². The Balaban J connectivity index is 2.04. The maximum atomic E-state index is 13.0. The molecule has 0 bridgehead atoms. The standard InChI is InChI=1S/C16H18F5N5OS/c1-10-8-13(26-15(24-10)22-9-23-26)25-14(16(2,3)27)11-4-6-12(7-5-11)28(17,18,19,20)21/h4-9,14,25,27H,1-3H3. The molecule has 0 saturated heterocycles. The number of aromatic nitrogens is 4. The predicted octanol–water partition coefficient (Wildman–Crippen LogP) is 5.01. The fourth-order valence-electron chi connectivity index (χ4n) is 2.77. The summed E-state index contributed by atoms with van der Waals surface area (Å²) >= 11 is 0. The van der Waals surface area contributed by atoms with E-state index in [1.165, 1.54) is 24.7 Å². The number of benzene rings is 1. The van der Waals surface area contributed by atoms with Crippen molar-refractivity contribution >= 4 is 21.8 Å². The van der Waals surface area contributed by atoms with Crippen molar-refractivity contribution in [3.05, 3.63) is 47.9 Å². The Hall–Kier alpha value is -2.47. The lowest BCUT2D eigenvalue weighted by Gasteiger charge is -2.40. The highest BCUT2D eigenvalue weighted by atomic mass is 32.5. The highest BCUT2D eigenvalue weighted by Crippen LogP contribution is 3.02. The SMILES string of the molecule is Cc1cc(NC(c2ccc(S(F)(F)(F)(F)F)cc2)C(C)(C)O)n2ncnc2n1. The van der Waals surface area contributed by atoms with E-state index in [1.807, 2.05) is 0 Å². The first-order valence-corrected chi connectivity index (χ1v) is 10.00. The van der Waals surface area contributed by atoms with Crippen LogP contribution in [-0.4, -0.2) is 30.3 Å². The van der Waals surface area contributed by atoms with Crippen molar-refractivity contribution in [3.63, 3.8) is 0 Å². The Morgan fingerprint density at radius 2 is 1.71 bits per heavy atom. The van der Waals surface area contributed by atoms with Gasteiger partial charge in [-0.25, -0.2) is 4.98 Å². The minimum absolute atomic E-state index is 0.181. The van der Waals surface area contributed by atoms with E-state index in [0.29, 0.717) is 23.6 Å². The second-order valence-electron chi connectivity index (χ2n) is 7.02. The summed E-state index contributed by atoms with van der Waals surface area (Å²) in [7, 11) is -9.77. The maximum Gasteiger partial charge on any atom is 0.310 e. The van der Waals surface area contributed by atoms with E-state index in [2.05, 4.69) is 20.4 Å². The first-order chi connectivity index (χ1) is 12.5. The topological polar surface area (TPSA) is 75.3 Å². The molecule has 0 aliphatic heterocycles. The third-order valence-electron chi connectivity index (χ3n) is 4.04. The van der Waals surface area contributed by atoms with Gasteiger partial charge in [0.2, 0.25) is 0 Å². The number of nitrogens with zero attached hydrogens (tertiary/aromatic N) is 4. The second kappa shape index (κ2) is 5.54. The number of anilines is 1. The van der Waals surface area contributed by atoms with E-state index in [1.54, 1.807) is 13.0 Å². The van der Waals surface area contributed by atoms with Gasteiger partial charge in [-0.2, -0.15) is 14.6 Å². The summed E-state index contributed by atoms with van der Waals surface area (Å²) in [4.78, 5) is 6.16. The van der Waals surface area contributed by atoms with Crippen molar-refractivity contribution in [2.24, 2.45) is 0 Å². The van der Waals surface area contributed by atoms with Gasteiger partial charge >= 0.3 is 10.2 Å². The Morgan fingerprint density at radius 1 is 1.11 bits per heavy atom. The molecule has 3 rings (SSSR count). The van der Waals surface area contributed by atoms with Gasteiger partial charge in [-0.05, 0) is 38.5 Å². The molecule has 0 radical (unpaired) electrons. The Kier molecular flexibility index (Phi) is 4.01. The fourth-order valence-corrected chi connectivity index (χ4v) is 3.42. The third-order valence-corrected chi connectivity index (χ3v) is 5.20. The molecule has 12 heteroatoms. The molecule has 1 unspecified atom stereocenters. The summed E-state index contributed by atoms with van der Waals surface area (Å²) in [6.45, 7) is 4.59. The van der Waals surface area contributed by atoms with Crippen molar-refractivity contribution in [1.29, 1.82) is 0 Å². The molecule has 0 amide bonds. The van der Waals surface area contributed by atoms with Crippen LogP contribution in [0.25, 0.3) is 5.78 Å². The number of aliphatic hydroxyl groups is 1. The minimum Gasteiger partial charge on any atom is -0.388 e. The average molecular weight is 423 g/mol. The molecule has 2 heterocycles. The van der Waals surface area contributed by atoms with Crippen LogP contribution in [0.4, 0.5) is 25.2 Å². The van der Waals surface area contributed by atoms with Crippen molar-refractivity contribution in [3.8, 4) is 0 Å². The average Bonchev–Trinajstić information content (AvgIpc) is 2.97. The molecule has 0 saturated carbocycles. The van der Waals surface area contributed by atoms with E-state index < -0.39 is 26.8 Å². The number of rotatable bonds is 5. The van der Waals surface area contributed by atoms with Gasteiger partial charge in [-0.3, -0.25) is 0 Å². The molecule has 0 aliphatic rings. The zero-order chi connectivity index (χ0) is 21.0. The molecule has 0 aliphatic carbocycles. The zero-order valence-electron chi connectivity index (χ0n) is 15.1. The number of aryl methyl sites for hydroxylation is 1. The second-order valence-corrected chi connectivity index (χ2v) is 9.43. The highest BCUT2D eigenvalue weighted by Gasteiger charge is 2.65. The van der Waals surface area contributed by atoms with Crippen molar-refractivity contribution < 1.29 is 24.5 Å². The molecule has 1 atom stereocenters. The molecule has 0 fully saturated rings. The predicted molar refractivity (Wildman–Crippen MR) is 96.0 cm³/mol. The molecule has 2 N–H and O–H groups in total. The molecule has 3 aromatic rings. The fraction of sp³-hybridized carbons (Fsp3) is 0.312. The van der Waals surface area contributed by atoms with Gasteiger partial charge in [0.05, 0.1) is 11.6 Å². The highest BCUT2D eigenvalue weighted by molar-refractivity contribution is 8.45. The van der Waals surface area contributed by atoms with Gasteiger partial charge < -0.3 is 10.4 Å². The van der Waals surface area contributed by atoms with Crippen LogP contribution < -0.4 is 5.32 Å². The van der Waals surface area contributed by atoms with Gasteiger partial charge in [0.25, 0.3) is 5.78 Å². The summed E-state index contributed by atoms with van der Waals surface area (Å²) in [5.41, 5.74) is -0.685. The van der Waals surface area contributed by atoms with Crippen LogP contribution >= 0.6 is 10.2 Å². The summed E-state index contributed by atoms with van der Waals surface area (Å²) in [6, 6.07) is 3.14. The van der Waals surface area contributed by atoms with Gasteiger partial charge in [0.1, 0.15) is 17.0 Å². The number of halogens is 5. The molecule has 1 aromatic carbocycles. The van der Waals surface area contributed by atoms with Crippen LogP contribution in [0.1, 0.15) is 31.1 Å². The summed E-state index contributed by atoms with van der Waals surface area (Å²) in [5.74, 6) is 0.664. The summed E-state index contributed by atoms with van der Waals surface area (Å²) in [6.07, 6.45) is 1.27. The lowest BCUT2D eigenvalue weighted by Crippen LogP contribution is -2.35. The van der Waals surface area contributed by atoms with Crippen LogP contribution in [-0.2, 0) is 0 Å². The van der Waals surface area contributed by atoms with Gasteiger partial charge in [0, 0.05) is 11.8 Å². The molecular formula is C16H18F5N5OS. The van der Waals surface area contributed by atoms with E-state index >= 15 is 0 Å². The number of fused-ring (bicyclic) bond motifs is 1. The van der Waals surface area contributed by atoms with E-state index in [9.17, 15) is 24.5 Å².